The van der Waals surface area contributed by atoms with Gasteiger partial charge in [0, 0.05) is 18.4 Å². The Morgan fingerprint density at radius 3 is 2.50 bits per heavy atom. The van der Waals surface area contributed by atoms with Crippen molar-refractivity contribution in [2.75, 3.05) is 12.5 Å². The van der Waals surface area contributed by atoms with Crippen LogP contribution in [-0.2, 0) is 11.2 Å². The van der Waals surface area contributed by atoms with E-state index in [9.17, 15) is 0 Å². The lowest BCUT2D eigenvalue weighted by atomic mass is 10.1. The second-order valence-corrected chi connectivity index (χ2v) is 4.52. The maximum atomic E-state index is 5.56. The van der Waals surface area contributed by atoms with Crippen LogP contribution in [-0.4, -0.2) is 17.1 Å². The van der Waals surface area contributed by atoms with Gasteiger partial charge in [-0.05, 0) is 18.9 Å². The third kappa shape index (κ3) is 2.79. The Morgan fingerprint density at radius 1 is 1.25 bits per heavy atom. The van der Waals surface area contributed by atoms with Crippen LogP contribution >= 0.6 is 0 Å². The summed E-state index contributed by atoms with van der Waals surface area (Å²) in [5, 5.41) is 0. The van der Waals surface area contributed by atoms with Crippen molar-refractivity contribution in [2.45, 2.75) is 26.4 Å². The molecule has 0 saturated carbocycles. The molecule has 0 aliphatic rings. The highest BCUT2D eigenvalue weighted by Crippen LogP contribution is 2.25. The Bertz CT molecular complexity index is 572. The lowest BCUT2D eigenvalue weighted by Gasteiger charge is -2.17. The molecule has 0 bridgehead atoms. The Balaban J connectivity index is 2.48. The van der Waals surface area contributed by atoms with Gasteiger partial charge in [-0.15, -0.1) is 0 Å². The van der Waals surface area contributed by atoms with Gasteiger partial charge in [-0.2, -0.15) is 0 Å². The van der Waals surface area contributed by atoms with Crippen LogP contribution in [0.2, 0.25) is 0 Å². The van der Waals surface area contributed by atoms with E-state index in [4.69, 9.17) is 10.6 Å². The Hall–Kier alpha value is -1.98. The van der Waals surface area contributed by atoms with Gasteiger partial charge in [0.2, 0.25) is 0 Å². The first-order chi connectivity index (χ1) is 9.71. The number of aromatic nitrogens is 2. The molecule has 5 nitrogen and oxygen atoms in total. The maximum Gasteiger partial charge on any atom is 0.164 e. The fourth-order valence-electron chi connectivity index (χ4n) is 2.30. The SMILES string of the molecule is CCc1c(C)nc(C(OC)c2ccccc2)nc1NN. The smallest absolute Gasteiger partial charge is 0.164 e. The molecular formula is C15H20N4O. The van der Waals surface area contributed by atoms with Crippen molar-refractivity contribution in [3.8, 4) is 0 Å². The normalized spacial score (nSPS) is 12.2. The summed E-state index contributed by atoms with van der Waals surface area (Å²) in [6, 6.07) is 9.90. The number of ether oxygens (including phenoxy) is 1. The van der Waals surface area contributed by atoms with Gasteiger partial charge in [0.1, 0.15) is 11.9 Å². The van der Waals surface area contributed by atoms with Crippen molar-refractivity contribution in [3.05, 3.63) is 53.0 Å². The first-order valence-electron chi connectivity index (χ1n) is 6.63. The predicted octanol–water partition coefficient (Wildman–Crippen LogP) is 2.37. The summed E-state index contributed by atoms with van der Waals surface area (Å²) in [4.78, 5) is 9.07. The molecule has 20 heavy (non-hydrogen) atoms. The average Bonchev–Trinajstić information content (AvgIpc) is 2.48. The lowest BCUT2D eigenvalue weighted by Crippen LogP contribution is -2.17. The zero-order valence-corrected chi connectivity index (χ0v) is 12.1. The molecule has 2 aromatic rings. The molecule has 1 unspecified atom stereocenters. The van der Waals surface area contributed by atoms with Gasteiger partial charge >= 0.3 is 0 Å². The summed E-state index contributed by atoms with van der Waals surface area (Å²) >= 11 is 0. The number of anilines is 1. The van der Waals surface area contributed by atoms with Crippen LogP contribution < -0.4 is 11.3 Å². The van der Waals surface area contributed by atoms with E-state index < -0.39 is 0 Å². The molecule has 0 radical (unpaired) electrons. The molecular weight excluding hydrogens is 252 g/mol. The highest BCUT2D eigenvalue weighted by atomic mass is 16.5. The van der Waals surface area contributed by atoms with Crippen LogP contribution in [0.1, 0.15) is 35.7 Å². The number of rotatable bonds is 5. The number of nitrogens with zero attached hydrogens (tertiary/aromatic N) is 2. The van der Waals surface area contributed by atoms with Gasteiger partial charge in [-0.3, -0.25) is 0 Å². The monoisotopic (exact) mass is 272 g/mol. The molecule has 106 valence electrons. The third-order valence-electron chi connectivity index (χ3n) is 3.29. The number of nitrogen functional groups attached to an aromatic ring is 1. The molecule has 1 aromatic carbocycles. The number of methoxy groups -OCH3 is 1. The summed E-state index contributed by atoms with van der Waals surface area (Å²) in [6.45, 7) is 4.01. The standard InChI is InChI=1S/C15H20N4O/c1-4-12-10(2)17-15(18-14(12)19-16)13(20-3)11-8-6-5-7-9-11/h5-9,13H,4,16H2,1-3H3,(H,17,18,19). The van der Waals surface area contributed by atoms with Gasteiger partial charge in [0.15, 0.2) is 5.82 Å². The van der Waals surface area contributed by atoms with E-state index in [0.717, 1.165) is 23.2 Å². The van der Waals surface area contributed by atoms with Crippen molar-refractivity contribution >= 4 is 5.82 Å². The maximum absolute atomic E-state index is 5.56. The van der Waals surface area contributed by atoms with Crippen molar-refractivity contribution in [1.29, 1.82) is 0 Å². The van der Waals surface area contributed by atoms with Gasteiger partial charge in [0.05, 0.1) is 0 Å². The van der Waals surface area contributed by atoms with Crippen molar-refractivity contribution < 1.29 is 4.74 Å². The third-order valence-corrected chi connectivity index (χ3v) is 3.29. The molecule has 5 heteroatoms. The number of hydrazine groups is 1. The Kier molecular flexibility index (Phi) is 4.65. The van der Waals surface area contributed by atoms with Gasteiger partial charge < -0.3 is 10.2 Å². The topological polar surface area (TPSA) is 73.1 Å². The lowest BCUT2D eigenvalue weighted by molar-refractivity contribution is 0.129. The fourth-order valence-corrected chi connectivity index (χ4v) is 2.30. The van der Waals surface area contributed by atoms with E-state index in [-0.39, 0.29) is 6.10 Å². The minimum absolute atomic E-state index is 0.298. The molecule has 0 saturated heterocycles. The zero-order valence-electron chi connectivity index (χ0n) is 12.1. The summed E-state index contributed by atoms with van der Waals surface area (Å²) in [7, 11) is 1.65. The van der Waals surface area contributed by atoms with Crippen molar-refractivity contribution in [1.82, 2.24) is 9.97 Å². The van der Waals surface area contributed by atoms with E-state index >= 15 is 0 Å². The van der Waals surface area contributed by atoms with E-state index in [1.165, 1.54) is 0 Å². The Labute approximate surface area is 119 Å². The van der Waals surface area contributed by atoms with Crippen LogP contribution in [0.25, 0.3) is 0 Å². The molecule has 1 atom stereocenters. The van der Waals surface area contributed by atoms with Gasteiger partial charge in [-0.25, -0.2) is 15.8 Å². The van der Waals surface area contributed by atoms with Crippen LogP contribution in [0.5, 0.6) is 0 Å². The molecule has 0 aliphatic carbocycles. The van der Waals surface area contributed by atoms with Crippen LogP contribution in [0.15, 0.2) is 30.3 Å². The van der Waals surface area contributed by atoms with E-state index in [1.54, 1.807) is 7.11 Å². The molecule has 0 amide bonds. The molecule has 1 heterocycles. The molecule has 0 fully saturated rings. The van der Waals surface area contributed by atoms with Gasteiger partial charge in [0.25, 0.3) is 0 Å². The fraction of sp³-hybridized carbons (Fsp3) is 0.333. The molecule has 2 rings (SSSR count). The highest BCUT2D eigenvalue weighted by molar-refractivity contribution is 5.46. The minimum Gasteiger partial charge on any atom is -0.369 e. The summed E-state index contributed by atoms with van der Waals surface area (Å²) in [5.41, 5.74) is 5.61. The molecule has 1 aromatic heterocycles. The predicted molar refractivity (Wildman–Crippen MR) is 79.3 cm³/mol. The second kappa shape index (κ2) is 6.45. The summed E-state index contributed by atoms with van der Waals surface area (Å²) in [6.07, 6.45) is 0.530. The Morgan fingerprint density at radius 2 is 1.95 bits per heavy atom. The highest BCUT2D eigenvalue weighted by Gasteiger charge is 2.19. The second-order valence-electron chi connectivity index (χ2n) is 4.52. The minimum atomic E-state index is -0.298. The molecule has 0 aliphatic heterocycles. The first kappa shape index (κ1) is 14.4. The van der Waals surface area contributed by atoms with E-state index in [1.807, 2.05) is 37.3 Å². The van der Waals surface area contributed by atoms with Crippen molar-refractivity contribution in [2.24, 2.45) is 5.84 Å². The van der Waals surface area contributed by atoms with Gasteiger partial charge in [-0.1, -0.05) is 37.3 Å². The van der Waals surface area contributed by atoms with E-state index in [2.05, 4.69) is 22.3 Å². The summed E-state index contributed by atoms with van der Waals surface area (Å²) in [5.74, 6) is 6.84. The molecule has 0 spiro atoms. The largest absolute Gasteiger partial charge is 0.369 e. The van der Waals surface area contributed by atoms with Crippen LogP contribution in [0.3, 0.4) is 0 Å². The number of nitrogens with two attached hydrogens (primary N) is 1. The average molecular weight is 272 g/mol. The van der Waals surface area contributed by atoms with Crippen molar-refractivity contribution in [3.63, 3.8) is 0 Å². The van der Waals surface area contributed by atoms with E-state index in [0.29, 0.717) is 11.6 Å². The van der Waals surface area contributed by atoms with Crippen LogP contribution in [0.4, 0.5) is 5.82 Å². The number of nitrogens with one attached hydrogen (secondary N) is 1. The summed E-state index contributed by atoms with van der Waals surface area (Å²) < 4.78 is 5.56. The number of aryl methyl sites for hydroxylation is 1. The number of benzene rings is 1. The number of hydrogen-bond donors (Lipinski definition) is 2. The quantitative estimate of drug-likeness (QED) is 0.645. The zero-order chi connectivity index (χ0) is 14.5. The first-order valence-corrected chi connectivity index (χ1v) is 6.63. The molecule has 3 N–H and O–H groups in total. The van der Waals surface area contributed by atoms with Crippen LogP contribution in [0, 0.1) is 6.92 Å². The number of hydrogen-bond acceptors (Lipinski definition) is 5.